The summed E-state index contributed by atoms with van der Waals surface area (Å²) < 4.78 is 1.30. The molecule has 0 aliphatic carbocycles. The van der Waals surface area contributed by atoms with Crippen molar-refractivity contribution in [2.75, 3.05) is 24.5 Å². The number of nitrogens with zero attached hydrogens (tertiary/aromatic N) is 2. The molecule has 1 aromatic carbocycles. The summed E-state index contributed by atoms with van der Waals surface area (Å²) in [5.74, 6) is 0. The molecule has 0 amide bonds. The lowest BCUT2D eigenvalue weighted by atomic mass is 10.0. The van der Waals surface area contributed by atoms with Crippen LogP contribution in [0.3, 0.4) is 0 Å². The minimum atomic E-state index is 0.711. The molecule has 0 radical (unpaired) electrons. The first kappa shape index (κ1) is 12.9. The van der Waals surface area contributed by atoms with Crippen LogP contribution in [0.1, 0.15) is 26.2 Å². The van der Waals surface area contributed by atoms with E-state index in [2.05, 4.69) is 40.3 Å². The molecule has 4 heteroatoms. The molecule has 1 aromatic heterocycles. The first-order valence-electron chi connectivity index (χ1n) is 7.18. The Kier molecular flexibility index (Phi) is 3.99. The van der Waals surface area contributed by atoms with Gasteiger partial charge in [0.05, 0.1) is 15.7 Å². The summed E-state index contributed by atoms with van der Waals surface area (Å²) >= 11 is 1.73. The van der Waals surface area contributed by atoms with Crippen LogP contribution in [0.4, 0.5) is 5.69 Å². The molecule has 1 saturated heterocycles. The van der Waals surface area contributed by atoms with Crippen molar-refractivity contribution in [3.05, 3.63) is 23.7 Å². The van der Waals surface area contributed by atoms with Crippen molar-refractivity contribution >= 4 is 27.2 Å². The van der Waals surface area contributed by atoms with E-state index in [1.807, 2.05) is 5.51 Å². The average molecular weight is 275 g/mol. The largest absolute Gasteiger partial charge is 0.371 e. The summed E-state index contributed by atoms with van der Waals surface area (Å²) in [5, 5.41) is 3.63. The zero-order valence-corrected chi connectivity index (χ0v) is 12.2. The van der Waals surface area contributed by atoms with Gasteiger partial charge in [0.15, 0.2) is 0 Å². The van der Waals surface area contributed by atoms with E-state index >= 15 is 0 Å². The molecule has 19 heavy (non-hydrogen) atoms. The Morgan fingerprint density at radius 1 is 1.37 bits per heavy atom. The molecule has 3 rings (SSSR count). The maximum absolute atomic E-state index is 4.34. The fourth-order valence-electron chi connectivity index (χ4n) is 2.73. The topological polar surface area (TPSA) is 28.2 Å². The number of aromatic nitrogens is 1. The molecule has 1 aliphatic rings. The van der Waals surface area contributed by atoms with Gasteiger partial charge >= 0.3 is 0 Å². The van der Waals surface area contributed by atoms with E-state index in [4.69, 9.17) is 0 Å². The van der Waals surface area contributed by atoms with Crippen molar-refractivity contribution in [1.29, 1.82) is 0 Å². The number of anilines is 1. The Balaban J connectivity index is 1.64. The Morgan fingerprint density at radius 2 is 2.21 bits per heavy atom. The van der Waals surface area contributed by atoms with Gasteiger partial charge in [0, 0.05) is 24.8 Å². The number of benzene rings is 1. The van der Waals surface area contributed by atoms with E-state index in [0.29, 0.717) is 6.04 Å². The van der Waals surface area contributed by atoms with Crippen molar-refractivity contribution in [3.63, 3.8) is 0 Å². The second-order valence-corrected chi connectivity index (χ2v) is 6.11. The molecule has 0 atom stereocenters. The van der Waals surface area contributed by atoms with Gasteiger partial charge in [-0.1, -0.05) is 6.92 Å². The first-order chi connectivity index (χ1) is 9.36. The van der Waals surface area contributed by atoms with Crippen molar-refractivity contribution in [2.45, 2.75) is 32.2 Å². The van der Waals surface area contributed by atoms with E-state index in [1.54, 1.807) is 11.3 Å². The van der Waals surface area contributed by atoms with Crippen molar-refractivity contribution in [3.8, 4) is 0 Å². The van der Waals surface area contributed by atoms with E-state index in [9.17, 15) is 0 Å². The smallest absolute Gasteiger partial charge is 0.0813 e. The first-order valence-corrected chi connectivity index (χ1v) is 8.06. The standard InChI is InChI=1S/C15H21N3S/c1-2-7-16-12-5-8-18(9-6-12)13-3-4-14-15(10-13)19-11-17-14/h3-4,10-12,16H,2,5-9H2,1H3. The maximum atomic E-state index is 4.34. The van der Waals surface area contributed by atoms with E-state index < -0.39 is 0 Å². The number of hydrogen-bond donors (Lipinski definition) is 1. The predicted molar refractivity (Wildman–Crippen MR) is 83.1 cm³/mol. The summed E-state index contributed by atoms with van der Waals surface area (Å²) in [6.07, 6.45) is 3.73. The predicted octanol–water partition coefficient (Wildman–Crippen LogP) is 3.26. The van der Waals surface area contributed by atoms with Gasteiger partial charge in [-0.3, -0.25) is 0 Å². The highest BCUT2D eigenvalue weighted by molar-refractivity contribution is 7.16. The van der Waals surface area contributed by atoms with Gasteiger partial charge in [0.2, 0.25) is 0 Å². The van der Waals surface area contributed by atoms with Gasteiger partial charge in [-0.15, -0.1) is 11.3 Å². The quantitative estimate of drug-likeness (QED) is 0.928. The molecule has 3 nitrogen and oxygen atoms in total. The van der Waals surface area contributed by atoms with Gasteiger partial charge < -0.3 is 10.2 Å². The highest BCUT2D eigenvalue weighted by Gasteiger charge is 2.18. The van der Waals surface area contributed by atoms with Crippen LogP contribution >= 0.6 is 11.3 Å². The summed E-state index contributed by atoms with van der Waals surface area (Å²) in [6.45, 7) is 5.70. The van der Waals surface area contributed by atoms with Crippen LogP contribution in [0.5, 0.6) is 0 Å². The van der Waals surface area contributed by atoms with Gasteiger partial charge in [0.1, 0.15) is 0 Å². The van der Waals surface area contributed by atoms with Crippen LogP contribution in [0.2, 0.25) is 0 Å². The molecule has 2 aromatic rings. The molecule has 1 aliphatic heterocycles. The molecule has 2 heterocycles. The molecule has 0 bridgehead atoms. The van der Waals surface area contributed by atoms with Crippen LogP contribution in [0.15, 0.2) is 23.7 Å². The number of rotatable bonds is 4. The number of nitrogens with one attached hydrogen (secondary N) is 1. The van der Waals surface area contributed by atoms with E-state index in [0.717, 1.165) is 25.2 Å². The van der Waals surface area contributed by atoms with Crippen molar-refractivity contribution in [1.82, 2.24) is 10.3 Å². The van der Waals surface area contributed by atoms with E-state index in [1.165, 1.54) is 29.6 Å². The second kappa shape index (κ2) is 5.88. The monoisotopic (exact) mass is 275 g/mol. The fraction of sp³-hybridized carbons (Fsp3) is 0.533. The third-order valence-corrected chi connectivity index (χ3v) is 4.65. The molecule has 102 valence electrons. The highest BCUT2D eigenvalue weighted by Crippen LogP contribution is 2.26. The minimum Gasteiger partial charge on any atom is -0.371 e. The Labute approximate surface area is 118 Å². The van der Waals surface area contributed by atoms with Crippen LogP contribution in [0.25, 0.3) is 10.2 Å². The van der Waals surface area contributed by atoms with Crippen LogP contribution < -0.4 is 10.2 Å². The van der Waals surface area contributed by atoms with Crippen LogP contribution in [-0.2, 0) is 0 Å². The lowest BCUT2D eigenvalue weighted by Crippen LogP contribution is -2.42. The van der Waals surface area contributed by atoms with Crippen molar-refractivity contribution in [2.24, 2.45) is 0 Å². The van der Waals surface area contributed by atoms with Gasteiger partial charge in [-0.2, -0.15) is 0 Å². The summed E-state index contributed by atoms with van der Waals surface area (Å²) in [5.41, 5.74) is 4.40. The highest BCUT2D eigenvalue weighted by atomic mass is 32.1. The summed E-state index contributed by atoms with van der Waals surface area (Å²) in [7, 11) is 0. The minimum absolute atomic E-state index is 0.711. The Bertz CT molecular complexity index is 529. The Hall–Kier alpha value is -1.13. The molecule has 0 spiro atoms. The maximum Gasteiger partial charge on any atom is 0.0813 e. The summed E-state index contributed by atoms with van der Waals surface area (Å²) in [6, 6.07) is 7.35. The zero-order valence-electron chi connectivity index (χ0n) is 11.4. The number of hydrogen-bond acceptors (Lipinski definition) is 4. The Morgan fingerprint density at radius 3 is 3.00 bits per heavy atom. The van der Waals surface area contributed by atoms with Crippen molar-refractivity contribution < 1.29 is 0 Å². The molecular formula is C15H21N3S. The summed E-state index contributed by atoms with van der Waals surface area (Å²) in [4.78, 5) is 6.84. The fourth-order valence-corrected chi connectivity index (χ4v) is 3.44. The normalized spacial score (nSPS) is 17.2. The van der Waals surface area contributed by atoms with Gasteiger partial charge in [0.25, 0.3) is 0 Å². The average Bonchev–Trinajstić information content (AvgIpc) is 2.93. The van der Waals surface area contributed by atoms with E-state index in [-0.39, 0.29) is 0 Å². The molecule has 0 saturated carbocycles. The molecular weight excluding hydrogens is 254 g/mol. The molecule has 0 unspecified atom stereocenters. The number of fused-ring (bicyclic) bond motifs is 1. The lowest BCUT2D eigenvalue weighted by Gasteiger charge is -2.34. The third kappa shape index (κ3) is 2.90. The lowest BCUT2D eigenvalue weighted by molar-refractivity contribution is 0.416. The number of thiazole rings is 1. The second-order valence-electron chi connectivity index (χ2n) is 5.22. The molecule has 1 N–H and O–H groups in total. The molecule has 1 fully saturated rings. The third-order valence-electron chi connectivity index (χ3n) is 3.86. The zero-order chi connectivity index (χ0) is 13.1. The van der Waals surface area contributed by atoms with Gasteiger partial charge in [-0.25, -0.2) is 4.98 Å². The van der Waals surface area contributed by atoms with Crippen LogP contribution in [-0.4, -0.2) is 30.7 Å². The van der Waals surface area contributed by atoms with Gasteiger partial charge in [-0.05, 0) is 44.0 Å². The SMILES string of the molecule is CCCNC1CCN(c2ccc3ncsc3c2)CC1. The number of piperidine rings is 1. The van der Waals surface area contributed by atoms with Crippen LogP contribution in [0, 0.1) is 0 Å².